The van der Waals surface area contributed by atoms with Crippen LogP contribution in [0.2, 0.25) is 0 Å². The zero-order valence-corrected chi connectivity index (χ0v) is 6.65. The van der Waals surface area contributed by atoms with Crippen molar-refractivity contribution in [1.82, 2.24) is 5.32 Å². The van der Waals surface area contributed by atoms with Crippen LogP contribution in [0.5, 0.6) is 0 Å². The zero-order valence-electron chi connectivity index (χ0n) is 6.65. The van der Waals surface area contributed by atoms with Gasteiger partial charge in [-0.3, -0.25) is 0 Å². The molecule has 0 aromatic carbocycles. The van der Waals surface area contributed by atoms with E-state index in [2.05, 4.69) is 19.2 Å². The van der Waals surface area contributed by atoms with Gasteiger partial charge in [0.05, 0.1) is 0 Å². The Morgan fingerprint density at radius 1 is 1.44 bits per heavy atom. The molecule has 0 aromatic heterocycles. The van der Waals surface area contributed by atoms with Crippen LogP contribution in [0.15, 0.2) is 0 Å². The molecular formula is C7H18N2. The highest BCUT2D eigenvalue weighted by Gasteiger charge is 2.01. The van der Waals surface area contributed by atoms with Crippen molar-refractivity contribution in [2.24, 2.45) is 5.73 Å². The molecule has 0 saturated heterocycles. The Morgan fingerprint density at radius 2 is 2.00 bits per heavy atom. The first-order valence-corrected chi connectivity index (χ1v) is 3.65. The predicted octanol–water partition coefficient (Wildman–Crippen LogP) is 0.722. The molecule has 0 amide bonds. The van der Waals surface area contributed by atoms with E-state index in [0.717, 1.165) is 13.0 Å². The van der Waals surface area contributed by atoms with Gasteiger partial charge in [-0.1, -0.05) is 6.92 Å². The highest BCUT2D eigenvalue weighted by molar-refractivity contribution is 4.64. The second kappa shape index (κ2) is 4.77. The molecule has 0 radical (unpaired) electrons. The molecule has 0 aliphatic carbocycles. The van der Waals surface area contributed by atoms with Crippen molar-refractivity contribution in [2.75, 3.05) is 6.54 Å². The van der Waals surface area contributed by atoms with Gasteiger partial charge in [0.1, 0.15) is 0 Å². The lowest BCUT2D eigenvalue weighted by Crippen LogP contribution is -2.31. The minimum atomic E-state index is 0.319. The first kappa shape index (κ1) is 8.92. The quantitative estimate of drug-likeness (QED) is 0.588. The van der Waals surface area contributed by atoms with Crippen LogP contribution in [-0.4, -0.2) is 18.6 Å². The van der Waals surface area contributed by atoms with Crippen LogP contribution >= 0.6 is 0 Å². The molecule has 0 saturated carbocycles. The van der Waals surface area contributed by atoms with Crippen molar-refractivity contribution >= 4 is 0 Å². The van der Waals surface area contributed by atoms with Crippen molar-refractivity contribution in [2.45, 2.75) is 39.3 Å². The van der Waals surface area contributed by atoms with E-state index in [4.69, 9.17) is 5.73 Å². The Hall–Kier alpha value is -0.0800. The Balaban J connectivity index is 3.15. The summed E-state index contributed by atoms with van der Waals surface area (Å²) >= 11 is 0. The summed E-state index contributed by atoms with van der Waals surface area (Å²) in [5.74, 6) is 0. The van der Waals surface area contributed by atoms with Gasteiger partial charge in [0.25, 0.3) is 0 Å². The van der Waals surface area contributed by atoms with Gasteiger partial charge in [-0.15, -0.1) is 0 Å². The molecule has 2 atom stereocenters. The van der Waals surface area contributed by atoms with Crippen molar-refractivity contribution < 1.29 is 0 Å². The molecule has 0 aliphatic heterocycles. The topological polar surface area (TPSA) is 38.0 Å². The van der Waals surface area contributed by atoms with Gasteiger partial charge in [0.2, 0.25) is 0 Å². The van der Waals surface area contributed by atoms with Crippen LogP contribution in [0.4, 0.5) is 0 Å². The van der Waals surface area contributed by atoms with Gasteiger partial charge < -0.3 is 11.1 Å². The molecule has 9 heavy (non-hydrogen) atoms. The number of nitrogens with two attached hydrogens (primary N) is 1. The maximum Gasteiger partial charge on any atom is 0.00532 e. The standard InChI is InChI=1S/C7H18N2/c1-4-9-7(3)5-6(2)8/h6-7,9H,4-5,8H2,1-3H3. The summed E-state index contributed by atoms with van der Waals surface area (Å²) in [5.41, 5.74) is 5.58. The second-order valence-electron chi connectivity index (χ2n) is 2.67. The minimum absolute atomic E-state index is 0.319. The van der Waals surface area contributed by atoms with E-state index in [1.54, 1.807) is 0 Å². The summed E-state index contributed by atoms with van der Waals surface area (Å²) < 4.78 is 0. The number of hydrogen-bond acceptors (Lipinski definition) is 2. The van der Waals surface area contributed by atoms with Gasteiger partial charge in [-0.2, -0.15) is 0 Å². The lowest BCUT2D eigenvalue weighted by atomic mass is 10.1. The predicted molar refractivity (Wildman–Crippen MR) is 41.4 cm³/mol. The van der Waals surface area contributed by atoms with E-state index in [9.17, 15) is 0 Å². The maximum absolute atomic E-state index is 5.58. The van der Waals surface area contributed by atoms with Crippen LogP contribution < -0.4 is 11.1 Å². The summed E-state index contributed by atoms with van der Waals surface area (Å²) in [4.78, 5) is 0. The normalized spacial score (nSPS) is 17.3. The van der Waals surface area contributed by atoms with Crippen LogP contribution in [0.25, 0.3) is 0 Å². The fourth-order valence-electron chi connectivity index (χ4n) is 0.989. The average molecular weight is 130 g/mol. The molecule has 2 nitrogen and oxygen atoms in total. The van der Waals surface area contributed by atoms with Crippen LogP contribution in [0.3, 0.4) is 0 Å². The highest BCUT2D eigenvalue weighted by Crippen LogP contribution is 1.92. The van der Waals surface area contributed by atoms with E-state index in [1.165, 1.54) is 0 Å². The van der Waals surface area contributed by atoms with Gasteiger partial charge in [-0.05, 0) is 26.8 Å². The lowest BCUT2D eigenvalue weighted by Gasteiger charge is -2.13. The maximum atomic E-state index is 5.58. The van der Waals surface area contributed by atoms with Crippen molar-refractivity contribution in [1.29, 1.82) is 0 Å². The summed E-state index contributed by atoms with van der Waals surface area (Å²) in [6.45, 7) is 7.34. The molecular weight excluding hydrogens is 112 g/mol. The molecule has 0 rings (SSSR count). The third kappa shape index (κ3) is 5.80. The van der Waals surface area contributed by atoms with E-state index < -0.39 is 0 Å². The van der Waals surface area contributed by atoms with Crippen molar-refractivity contribution in [3.63, 3.8) is 0 Å². The average Bonchev–Trinajstić information content (AvgIpc) is 1.63. The molecule has 3 N–H and O–H groups in total. The Bertz CT molecular complexity index is 61.9. The van der Waals surface area contributed by atoms with E-state index in [0.29, 0.717) is 12.1 Å². The Labute approximate surface area is 57.8 Å². The molecule has 56 valence electrons. The largest absolute Gasteiger partial charge is 0.328 e. The number of nitrogens with one attached hydrogen (secondary N) is 1. The van der Waals surface area contributed by atoms with Crippen LogP contribution in [-0.2, 0) is 0 Å². The van der Waals surface area contributed by atoms with Gasteiger partial charge >= 0.3 is 0 Å². The molecule has 0 spiro atoms. The molecule has 0 aliphatic rings. The van der Waals surface area contributed by atoms with Crippen LogP contribution in [0.1, 0.15) is 27.2 Å². The van der Waals surface area contributed by atoms with E-state index in [1.807, 2.05) is 6.92 Å². The van der Waals surface area contributed by atoms with Gasteiger partial charge in [-0.25, -0.2) is 0 Å². The summed E-state index contributed by atoms with van der Waals surface area (Å²) in [7, 11) is 0. The summed E-state index contributed by atoms with van der Waals surface area (Å²) in [6.07, 6.45) is 1.06. The molecule has 2 heteroatoms. The van der Waals surface area contributed by atoms with Crippen LogP contribution in [0, 0.1) is 0 Å². The smallest absolute Gasteiger partial charge is 0.00532 e. The highest BCUT2D eigenvalue weighted by atomic mass is 14.9. The Kier molecular flexibility index (Phi) is 4.72. The third-order valence-electron chi connectivity index (χ3n) is 1.28. The first-order valence-electron chi connectivity index (χ1n) is 3.65. The molecule has 2 unspecified atom stereocenters. The first-order chi connectivity index (χ1) is 4.16. The number of rotatable bonds is 4. The summed E-state index contributed by atoms with van der Waals surface area (Å²) in [5, 5.41) is 3.30. The SMILES string of the molecule is CCNC(C)CC(C)N. The molecule has 0 fully saturated rings. The summed E-state index contributed by atoms with van der Waals surface area (Å²) in [6, 6.07) is 0.883. The van der Waals surface area contributed by atoms with Crippen molar-refractivity contribution in [3.05, 3.63) is 0 Å². The fourth-order valence-corrected chi connectivity index (χ4v) is 0.989. The molecule has 0 bridgehead atoms. The number of hydrogen-bond donors (Lipinski definition) is 2. The molecule has 0 aromatic rings. The zero-order chi connectivity index (χ0) is 7.28. The fraction of sp³-hybridized carbons (Fsp3) is 1.00. The monoisotopic (exact) mass is 130 g/mol. The van der Waals surface area contributed by atoms with Gasteiger partial charge in [0.15, 0.2) is 0 Å². The second-order valence-corrected chi connectivity index (χ2v) is 2.67. The van der Waals surface area contributed by atoms with Crippen molar-refractivity contribution in [3.8, 4) is 0 Å². The van der Waals surface area contributed by atoms with E-state index >= 15 is 0 Å². The lowest BCUT2D eigenvalue weighted by molar-refractivity contribution is 0.489. The van der Waals surface area contributed by atoms with Gasteiger partial charge in [0, 0.05) is 12.1 Å². The Morgan fingerprint density at radius 3 is 2.33 bits per heavy atom. The third-order valence-corrected chi connectivity index (χ3v) is 1.28. The molecule has 0 heterocycles. The minimum Gasteiger partial charge on any atom is -0.328 e. The van der Waals surface area contributed by atoms with E-state index in [-0.39, 0.29) is 0 Å².